The van der Waals surface area contributed by atoms with Crippen molar-refractivity contribution in [2.75, 3.05) is 39.7 Å². The number of carbonyl (C=O) groups excluding carboxylic acids is 1. The van der Waals surface area contributed by atoms with Gasteiger partial charge in [-0.3, -0.25) is 4.79 Å². The summed E-state index contributed by atoms with van der Waals surface area (Å²) in [6.07, 6.45) is 2.10. The van der Waals surface area contributed by atoms with E-state index in [2.05, 4.69) is 18.5 Å². The van der Waals surface area contributed by atoms with Crippen LogP contribution in [0.25, 0.3) is 0 Å². The quantitative estimate of drug-likeness (QED) is 0.713. The van der Waals surface area contributed by atoms with Gasteiger partial charge in [-0.2, -0.15) is 11.8 Å². The average molecular weight is 192 g/mol. The lowest BCUT2D eigenvalue weighted by molar-refractivity contribution is -0.127. The lowest BCUT2D eigenvalue weighted by Crippen LogP contribution is -2.30. The Morgan fingerprint density at radius 1 is 1.50 bits per heavy atom. The number of amides is 1. The zero-order chi connectivity index (χ0) is 9.98. The molecule has 0 aromatic rings. The van der Waals surface area contributed by atoms with E-state index in [1.807, 2.05) is 11.8 Å². The number of thioether (sulfide) groups is 1. The second-order valence-corrected chi connectivity index (χ2v) is 3.55. The van der Waals surface area contributed by atoms with Gasteiger partial charge in [0.15, 0.2) is 0 Å². The van der Waals surface area contributed by atoms with Crippen molar-refractivity contribution in [1.82, 2.24) is 10.2 Å². The molecule has 12 heavy (non-hydrogen) atoms. The molecular formula is C8H20N2OS. The van der Waals surface area contributed by atoms with Crippen LogP contribution in [0.4, 0.5) is 0 Å². The maximum Gasteiger partial charge on any atom is 0.235 e. The number of nitrogens with one attached hydrogen (secondary N) is 1. The van der Waals surface area contributed by atoms with Crippen LogP contribution in [0.3, 0.4) is 0 Å². The fraction of sp³-hybridized carbons (Fsp3) is 0.875. The van der Waals surface area contributed by atoms with Gasteiger partial charge in [-0.1, -0.05) is 6.92 Å². The van der Waals surface area contributed by atoms with Crippen LogP contribution in [-0.2, 0) is 4.79 Å². The zero-order valence-corrected chi connectivity index (χ0v) is 9.49. The Bertz CT molecular complexity index is 105. The lowest BCUT2D eigenvalue weighted by atomic mass is 10.5. The molecule has 0 spiro atoms. The smallest absolute Gasteiger partial charge is 0.235 e. The molecule has 0 saturated carbocycles. The summed E-state index contributed by atoms with van der Waals surface area (Å²) < 4.78 is 0. The highest BCUT2D eigenvalue weighted by molar-refractivity contribution is 7.98. The van der Waals surface area contributed by atoms with E-state index >= 15 is 0 Å². The predicted molar refractivity (Wildman–Crippen MR) is 56.7 cm³/mol. The van der Waals surface area contributed by atoms with Gasteiger partial charge in [0, 0.05) is 14.1 Å². The highest BCUT2D eigenvalue weighted by Gasteiger charge is 1.98. The normalized spacial score (nSPS) is 8.42. The monoisotopic (exact) mass is 192 g/mol. The molecule has 1 N–H and O–H groups in total. The first-order valence-corrected chi connectivity index (χ1v) is 5.33. The molecule has 0 aliphatic heterocycles. The molecule has 0 fully saturated rings. The molecule has 0 radical (unpaired) electrons. The molecule has 0 aliphatic rings. The largest absolute Gasteiger partial charge is 0.348 e. The summed E-state index contributed by atoms with van der Waals surface area (Å²) in [7, 11) is 5.22. The van der Waals surface area contributed by atoms with Crippen molar-refractivity contribution in [1.29, 1.82) is 0 Å². The van der Waals surface area contributed by atoms with Crippen molar-refractivity contribution in [3.05, 3.63) is 0 Å². The van der Waals surface area contributed by atoms with E-state index in [9.17, 15) is 4.79 Å². The Kier molecular flexibility index (Phi) is 12.9. The Labute approximate surface area is 79.9 Å². The van der Waals surface area contributed by atoms with E-state index in [-0.39, 0.29) is 5.91 Å². The van der Waals surface area contributed by atoms with E-state index in [4.69, 9.17) is 0 Å². The van der Waals surface area contributed by atoms with Crippen LogP contribution in [0.5, 0.6) is 0 Å². The van der Waals surface area contributed by atoms with Crippen molar-refractivity contribution < 1.29 is 4.79 Å². The van der Waals surface area contributed by atoms with Crippen LogP contribution in [0, 0.1) is 0 Å². The van der Waals surface area contributed by atoms with E-state index in [0.717, 1.165) is 0 Å². The van der Waals surface area contributed by atoms with Crippen LogP contribution < -0.4 is 5.32 Å². The Hall–Kier alpha value is -0.220. The van der Waals surface area contributed by atoms with Gasteiger partial charge in [0.25, 0.3) is 0 Å². The summed E-state index contributed by atoms with van der Waals surface area (Å²) in [6, 6.07) is 0. The molecule has 0 heterocycles. The van der Waals surface area contributed by atoms with E-state index in [1.54, 1.807) is 26.0 Å². The third-order valence-electron chi connectivity index (χ3n) is 1.12. The first kappa shape index (κ1) is 14.3. The highest BCUT2D eigenvalue weighted by atomic mass is 32.2. The summed E-state index contributed by atoms with van der Waals surface area (Å²) in [5, 5.41) is 2.76. The van der Waals surface area contributed by atoms with E-state index in [0.29, 0.717) is 6.54 Å². The van der Waals surface area contributed by atoms with Crippen LogP contribution in [0.2, 0.25) is 0 Å². The topological polar surface area (TPSA) is 32.3 Å². The number of hydrogen-bond acceptors (Lipinski definition) is 3. The summed E-state index contributed by atoms with van der Waals surface area (Å²) in [5.41, 5.74) is 0. The number of likely N-dealkylation sites (N-methyl/N-ethyl adjacent to an activating group) is 2. The fourth-order valence-electron chi connectivity index (χ4n) is 0.309. The van der Waals surface area contributed by atoms with Crippen LogP contribution in [0.1, 0.15) is 6.92 Å². The molecule has 0 aromatic heterocycles. The molecule has 3 nitrogen and oxygen atoms in total. The van der Waals surface area contributed by atoms with Crippen molar-refractivity contribution in [3.63, 3.8) is 0 Å². The minimum absolute atomic E-state index is 0.104. The van der Waals surface area contributed by atoms with Gasteiger partial charge in [-0.15, -0.1) is 0 Å². The molecule has 0 aliphatic carbocycles. The van der Waals surface area contributed by atoms with Gasteiger partial charge in [0.1, 0.15) is 0 Å². The molecular weight excluding hydrogens is 172 g/mol. The van der Waals surface area contributed by atoms with Crippen molar-refractivity contribution in [2.24, 2.45) is 0 Å². The van der Waals surface area contributed by atoms with Gasteiger partial charge in [0.05, 0.1) is 6.54 Å². The van der Waals surface area contributed by atoms with Crippen molar-refractivity contribution >= 4 is 17.7 Å². The molecule has 0 unspecified atom stereocenters. The van der Waals surface area contributed by atoms with Crippen molar-refractivity contribution in [3.8, 4) is 0 Å². The minimum Gasteiger partial charge on any atom is -0.348 e. The highest BCUT2D eigenvalue weighted by Crippen LogP contribution is 1.83. The molecule has 0 rings (SSSR count). The summed E-state index contributed by atoms with van der Waals surface area (Å²) in [6.45, 7) is 2.57. The fourth-order valence-corrected chi connectivity index (χ4v) is 0.309. The number of rotatable bonds is 3. The number of carbonyl (C=O) groups is 1. The molecule has 1 amide bonds. The Morgan fingerprint density at radius 2 is 1.92 bits per heavy atom. The van der Waals surface area contributed by atoms with Crippen LogP contribution in [0.15, 0.2) is 0 Å². The van der Waals surface area contributed by atoms with Crippen LogP contribution in [-0.4, -0.2) is 50.5 Å². The van der Waals surface area contributed by atoms with E-state index in [1.165, 1.54) is 5.75 Å². The maximum absolute atomic E-state index is 10.6. The third kappa shape index (κ3) is 12.5. The lowest BCUT2D eigenvalue weighted by Gasteiger charge is -2.07. The SMILES string of the molecule is CCSC.CNCC(=O)N(C)C. The summed E-state index contributed by atoms with van der Waals surface area (Å²) in [4.78, 5) is 12.2. The molecule has 74 valence electrons. The van der Waals surface area contributed by atoms with Gasteiger partial charge in [0.2, 0.25) is 5.91 Å². The standard InChI is InChI=1S/C5H12N2O.C3H8S/c1-6-4-5(8)7(2)3;1-3-4-2/h6H,4H2,1-3H3;3H2,1-2H3. The summed E-state index contributed by atoms with van der Waals surface area (Å²) >= 11 is 1.86. The Morgan fingerprint density at radius 3 is 2.00 bits per heavy atom. The molecule has 0 atom stereocenters. The maximum atomic E-state index is 10.6. The number of nitrogens with zero attached hydrogens (tertiary/aromatic N) is 1. The minimum atomic E-state index is 0.104. The molecule has 0 bridgehead atoms. The second-order valence-electron chi connectivity index (χ2n) is 2.40. The Balaban J connectivity index is 0. The first-order chi connectivity index (χ1) is 5.59. The zero-order valence-electron chi connectivity index (χ0n) is 8.68. The molecule has 4 heteroatoms. The van der Waals surface area contributed by atoms with Crippen LogP contribution >= 0.6 is 11.8 Å². The second kappa shape index (κ2) is 10.8. The molecule has 0 saturated heterocycles. The van der Waals surface area contributed by atoms with Gasteiger partial charge in [-0.25, -0.2) is 0 Å². The predicted octanol–water partition coefficient (Wildman–Crippen LogP) is 0.663. The summed E-state index contributed by atoms with van der Waals surface area (Å²) in [5.74, 6) is 1.34. The first-order valence-electron chi connectivity index (χ1n) is 3.93. The number of hydrogen-bond donors (Lipinski definition) is 1. The third-order valence-corrected chi connectivity index (χ3v) is 1.69. The van der Waals surface area contributed by atoms with Gasteiger partial charge < -0.3 is 10.2 Å². The van der Waals surface area contributed by atoms with Gasteiger partial charge >= 0.3 is 0 Å². The van der Waals surface area contributed by atoms with E-state index < -0.39 is 0 Å². The molecule has 0 aromatic carbocycles. The van der Waals surface area contributed by atoms with Gasteiger partial charge in [-0.05, 0) is 19.1 Å². The van der Waals surface area contributed by atoms with Crippen molar-refractivity contribution in [2.45, 2.75) is 6.92 Å². The average Bonchev–Trinajstić information content (AvgIpc) is 2.05.